The Bertz CT molecular complexity index is 538. The zero-order valence-electron chi connectivity index (χ0n) is 12.1. The first-order valence-electron chi connectivity index (χ1n) is 7.63. The van der Waals surface area contributed by atoms with Crippen molar-refractivity contribution in [3.05, 3.63) is 29.8 Å². The van der Waals surface area contributed by atoms with Crippen LogP contribution in [-0.4, -0.2) is 35.8 Å². The third-order valence-corrected chi connectivity index (χ3v) is 4.18. The number of hydrogen-bond acceptors (Lipinski definition) is 4. The number of imide groups is 1. The minimum Gasteiger partial charge on any atom is -0.373 e. The largest absolute Gasteiger partial charge is 0.373 e. The lowest BCUT2D eigenvalue weighted by molar-refractivity contribution is -0.133. The first kappa shape index (κ1) is 14.1. The van der Waals surface area contributed by atoms with E-state index in [4.69, 9.17) is 0 Å². The highest BCUT2D eigenvalue weighted by Crippen LogP contribution is 2.22. The number of hydrogen-bond donors (Lipinski definition) is 2. The molecule has 0 aromatic heterocycles. The van der Waals surface area contributed by atoms with Gasteiger partial charge in [0.2, 0.25) is 11.8 Å². The van der Waals surface area contributed by atoms with E-state index in [1.807, 2.05) is 18.2 Å². The summed E-state index contributed by atoms with van der Waals surface area (Å²) in [5.41, 5.74) is 2.21. The van der Waals surface area contributed by atoms with Crippen molar-refractivity contribution in [2.45, 2.75) is 38.3 Å². The quantitative estimate of drug-likeness (QED) is 0.824. The number of nitrogens with zero attached hydrogens (tertiary/aromatic N) is 1. The van der Waals surface area contributed by atoms with Gasteiger partial charge in [0, 0.05) is 18.7 Å². The fraction of sp³-hybridized carbons (Fsp3) is 0.500. The predicted molar refractivity (Wildman–Crippen MR) is 80.7 cm³/mol. The maximum atomic E-state index is 11.9. The van der Waals surface area contributed by atoms with Crippen molar-refractivity contribution in [1.82, 2.24) is 10.2 Å². The third-order valence-electron chi connectivity index (χ3n) is 4.18. The van der Waals surface area contributed by atoms with Crippen LogP contribution in [0.15, 0.2) is 24.3 Å². The predicted octanol–water partition coefficient (Wildman–Crippen LogP) is 1.50. The van der Waals surface area contributed by atoms with Crippen LogP contribution in [0.2, 0.25) is 0 Å². The van der Waals surface area contributed by atoms with Crippen molar-refractivity contribution in [2.75, 3.05) is 18.4 Å². The maximum Gasteiger partial charge on any atom is 0.249 e. The molecule has 5 heteroatoms. The summed E-state index contributed by atoms with van der Waals surface area (Å²) in [6.07, 6.45) is 3.49. The van der Waals surface area contributed by atoms with E-state index in [2.05, 4.69) is 21.6 Å². The van der Waals surface area contributed by atoms with E-state index in [1.54, 1.807) is 0 Å². The van der Waals surface area contributed by atoms with Crippen molar-refractivity contribution < 1.29 is 9.59 Å². The Morgan fingerprint density at radius 2 is 1.95 bits per heavy atom. The third kappa shape index (κ3) is 3.42. The lowest BCUT2D eigenvalue weighted by Crippen LogP contribution is -2.47. The molecule has 3 rings (SSSR count). The molecule has 2 saturated heterocycles. The minimum atomic E-state index is -0.317. The molecule has 0 spiro atoms. The molecule has 21 heavy (non-hydrogen) atoms. The van der Waals surface area contributed by atoms with Gasteiger partial charge in [-0.15, -0.1) is 0 Å². The topological polar surface area (TPSA) is 61.4 Å². The van der Waals surface area contributed by atoms with Gasteiger partial charge in [0.05, 0.1) is 0 Å². The number of anilines is 1. The molecule has 2 N–H and O–H groups in total. The van der Waals surface area contributed by atoms with Gasteiger partial charge in [0.1, 0.15) is 6.04 Å². The van der Waals surface area contributed by atoms with E-state index in [0.29, 0.717) is 12.8 Å². The Kier molecular flexibility index (Phi) is 4.20. The highest BCUT2D eigenvalue weighted by atomic mass is 16.2. The van der Waals surface area contributed by atoms with Crippen LogP contribution in [0.5, 0.6) is 0 Å². The van der Waals surface area contributed by atoms with Gasteiger partial charge < -0.3 is 5.32 Å². The van der Waals surface area contributed by atoms with Gasteiger partial charge in [-0.2, -0.15) is 0 Å². The van der Waals surface area contributed by atoms with E-state index in [0.717, 1.165) is 25.3 Å². The molecule has 1 unspecified atom stereocenters. The van der Waals surface area contributed by atoms with Gasteiger partial charge in [-0.25, -0.2) is 0 Å². The molecular weight excluding hydrogens is 266 g/mol. The van der Waals surface area contributed by atoms with Crippen LogP contribution in [0.4, 0.5) is 5.69 Å². The molecule has 2 aliphatic heterocycles. The van der Waals surface area contributed by atoms with Crippen LogP contribution < -0.4 is 10.6 Å². The van der Waals surface area contributed by atoms with Gasteiger partial charge in [0.15, 0.2) is 0 Å². The van der Waals surface area contributed by atoms with Crippen LogP contribution in [0, 0.1) is 0 Å². The fourth-order valence-corrected chi connectivity index (χ4v) is 3.00. The van der Waals surface area contributed by atoms with Gasteiger partial charge in [-0.05, 0) is 44.0 Å². The summed E-state index contributed by atoms with van der Waals surface area (Å²) in [5, 5.41) is 5.69. The number of rotatable bonds is 4. The second-order valence-electron chi connectivity index (χ2n) is 5.79. The molecule has 2 heterocycles. The molecule has 0 saturated carbocycles. The van der Waals surface area contributed by atoms with E-state index >= 15 is 0 Å². The first-order valence-corrected chi connectivity index (χ1v) is 7.63. The molecule has 1 aromatic carbocycles. The summed E-state index contributed by atoms with van der Waals surface area (Å²) in [6.45, 7) is 3.20. The first-order chi connectivity index (χ1) is 10.2. The van der Waals surface area contributed by atoms with Crippen molar-refractivity contribution in [2.24, 2.45) is 0 Å². The number of amides is 2. The zero-order valence-corrected chi connectivity index (χ0v) is 12.1. The standard InChI is InChI=1S/C16H21N3O2/c20-15-8-7-14(16(21)18-15)17-13-6-2-1-5-12(13)11-19-9-3-4-10-19/h1-2,5-6,14,17H,3-4,7-11H2,(H,18,20,21). The molecular formula is C16H21N3O2. The Labute approximate surface area is 124 Å². The smallest absolute Gasteiger partial charge is 0.249 e. The Morgan fingerprint density at radius 3 is 2.71 bits per heavy atom. The van der Waals surface area contributed by atoms with Gasteiger partial charge in [0.25, 0.3) is 0 Å². The van der Waals surface area contributed by atoms with E-state index in [9.17, 15) is 9.59 Å². The number of carbonyl (C=O) groups is 2. The summed E-state index contributed by atoms with van der Waals surface area (Å²) in [7, 11) is 0. The molecule has 2 amide bonds. The minimum absolute atomic E-state index is 0.177. The van der Waals surface area contributed by atoms with Gasteiger partial charge in [-0.3, -0.25) is 19.8 Å². The number of likely N-dealkylation sites (tertiary alicyclic amines) is 1. The second-order valence-corrected chi connectivity index (χ2v) is 5.79. The van der Waals surface area contributed by atoms with Crippen molar-refractivity contribution >= 4 is 17.5 Å². The Hall–Kier alpha value is -1.88. The van der Waals surface area contributed by atoms with Gasteiger partial charge >= 0.3 is 0 Å². The Balaban J connectivity index is 1.69. The van der Waals surface area contributed by atoms with Crippen molar-refractivity contribution in [1.29, 1.82) is 0 Å². The SMILES string of the molecule is O=C1CCC(Nc2ccccc2CN2CCCC2)C(=O)N1. The molecule has 1 atom stereocenters. The van der Waals surface area contributed by atoms with Crippen LogP contribution >= 0.6 is 0 Å². The highest BCUT2D eigenvalue weighted by Gasteiger charge is 2.27. The number of benzene rings is 1. The average molecular weight is 287 g/mol. The van der Waals surface area contributed by atoms with Crippen LogP contribution in [-0.2, 0) is 16.1 Å². The normalized spacial score (nSPS) is 23.1. The highest BCUT2D eigenvalue weighted by molar-refractivity contribution is 6.01. The summed E-state index contributed by atoms with van der Waals surface area (Å²) >= 11 is 0. The summed E-state index contributed by atoms with van der Waals surface area (Å²) < 4.78 is 0. The van der Waals surface area contributed by atoms with Crippen molar-refractivity contribution in [3.63, 3.8) is 0 Å². The molecule has 0 bridgehead atoms. The van der Waals surface area contributed by atoms with Gasteiger partial charge in [-0.1, -0.05) is 18.2 Å². The molecule has 2 aliphatic rings. The molecule has 0 radical (unpaired) electrons. The van der Waals surface area contributed by atoms with Crippen molar-refractivity contribution in [3.8, 4) is 0 Å². The van der Waals surface area contributed by atoms with E-state index < -0.39 is 0 Å². The number of piperidine rings is 1. The molecule has 112 valence electrons. The Morgan fingerprint density at radius 1 is 1.19 bits per heavy atom. The number of para-hydroxylation sites is 1. The lowest BCUT2D eigenvalue weighted by atomic mass is 10.0. The second kappa shape index (κ2) is 6.26. The average Bonchev–Trinajstić information content (AvgIpc) is 2.97. The zero-order chi connectivity index (χ0) is 14.7. The van der Waals surface area contributed by atoms with E-state index in [1.165, 1.54) is 18.4 Å². The molecule has 5 nitrogen and oxygen atoms in total. The fourth-order valence-electron chi connectivity index (χ4n) is 3.00. The summed E-state index contributed by atoms with van der Waals surface area (Å²) in [6, 6.07) is 7.80. The monoisotopic (exact) mass is 287 g/mol. The maximum absolute atomic E-state index is 11.9. The number of nitrogens with one attached hydrogen (secondary N) is 2. The van der Waals surface area contributed by atoms with Crippen LogP contribution in [0.1, 0.15) is 31.2 Å². The summed E-state index contributed by atoms with van der Waals surface area (Å²) in [5.74, 6) is -0.398. The lowest BCUT2D eigenvalue weighted by Gasteiger charge is -2.25. The molecule has 0 aliphatic carbocycles. The molecule has 1 aromatic rings. The van der Waals surface area contributed by atoms with E-state index in [-0.39, 0.29) is 17.9 Å². The molecule has 2 fully saturated rings. The summed E-state index contributed by atoms with van der Waals surface area (Å²) in [4.78, 5) is 25.5. The number of carbonyl (C=O) groups excluding carboxylic acids is 2. The van der Waals surface area contributed by atoms with Crippen LogP contribution in [0.3, 0.4) is 0 Å². The van der Waals surface area contributed by atoms with Crippen LogP contribution in [0.25, 0.3) is 0 Å².